The number of hydrogen-bond donors (Lipinski definition) is 3. The third kappa shape index (κ3) is 6.21. The Bertz CT molecular complexity index is 1100. The zero-order chi connectivity index (χ0) is 23.3. The molecule has 168 valence electrons. The normalized spacial score (nSPS) is 12.3. The molecule has 2 aromatic heterocycles. The number of rotatable bonds is 8. The summed E-state index contributed by atoms with van der Waals surface area (Å²) in [4.78, 5) is 29.1. The van der Waals surface area contributed by atoms with Crippen molar-refractivity contribution in [1.29, 1.82) is 0 Å². The summed E-state index contributed by atoms with van der Waals surface area (Å²) in [6.07, 6.45) is 3.80. The Kier molecular flexibility index (Phi) is 6.99. The van der Waals surface area contributed by atoms with Gasteiger partial charge in [-0.15, -0.1) is 10.2 Å². The first-order chi connectivity index (χ1) is 15.1. The Balaban J connectivity index is 1.68. The van der Waals surface area contributed by atoms with E-state index >= 15 is 0 Å². The number of aliphatic hydroxyl groups is 1. The molecule has 1 atom stereocenters. The van der Waals surface area contributed by atoms with Crippen molar-refractivity contribution in [3.05, 3.63) is 71.6 Å². The van der Waals surface area contributed by atoms with Gasteiger partial charge in [0.25, 0.3) is 11.8 Å². The summed E-state index contributed by atoms with van der Waals surface area (Å²) in [5.41, 5.74) is 1.08. The first-order valence-electron chi connectivity index (χ1n) is 10.3. The highest BCUT2D eigenvalue weighted by molar-refractivity contribution is 6.04. The number of pyridine rings is 1. The van der Waals surface area contributed by atoms with Crippen molar-refractivity contribution in [2.24, 2.45) is 7.05 Å². The largest absolute Gasteiger partial charge is 0.389 e. The minimum absolute atomic E-state index is 0.0923. The Morgan fingerprint density at radius 3 is 2.66 bits per heavy atom. The number of hydrogen-bond acceptors (Lipinski definition) is 6. The van der Waals surface area contributed by atoms with E-state index in [2.05, 4.69) is 32.7 Å². The predicted octanol–water partition coefficient (Wildman–Crippen LogP) is 2.31. The quantitative estimate of drug-likeness (QED) is 0.498. The van der Waals surface area contributed by atoms with E-state index in [1.807, 2.05) is 29.8 Å². The summed E-state index contributed by atoms with van der Waals surface area (Å²) in [5, 5.41) is 23.3. The summed E-state index contributed by atoms with van der Waals surface area (Å²) < 4.78 is 1.89. The van der Waals surface area contributed by atoms with Gasteiger partial charge >= 0.3 is 0 Å². The molecule has 0 spiro atoms. The minimum Gasteiger partial charge on any atom is -0.389 e. The maximum Gasteiger partial charge on any atom is 0.274 e. The Morgan fingerprint density at radius 1 is 1.19 bits per heavy atom. The molecule has 0 radical (unpaired) electrons. The van der Waals surface area contributed by atoms with Crippen LogP contribution in [0.4, 0.5) is 5.69 Å². The average Bonchev–Trinajstić information content (AvgIpc) is 3.16. The van der Waals surface area contributed by atoms with E-state index in [4.69, 9.17) is 0 Å². The molecule has 0 saturated heterocycles. The summed E-state index contributed by atoms with van der Waals surface area (Å²) in [6, 6.07) is 10.5. The highest BCUT2D eigenvalue weighted by Gasteiger charge is 2.17. The van der Waals surface area contributed by atoms with Gasteiger partial charge in [0, 0.05) is 37.5 Å². The van der Waals surface area contributed by atoms with Crippen LogP contribution in [0, 0.1) is 0 Å². The number of amides is 2. The van der Waals surface area contributed by atoms with Crippen LogP contribution >= 0.6 is 0 Å². The number of carbonyl (C=O) groups excluding carboxylic acids is 2. The second-order valence-corrected chi connectivity index (χ2v) is 8.47. The fourth-order valence-electron chi connectivity index (χ4n) is 3.10. The number of anilines is 1. The number of benzene rings is 1. The van der Waals surface area contributed by atoms with E-state index in [9.17, 15) is 14.7 Å². The van der Waals surface area contributed by atoms with Gasteiger partial charge in [-0.05, 0) is 49.6 Å². The molecule has 2 amide bonds. The van der Waals surface area contributed by atoms with Crippen LogP contribution in [-0.4, -0.2) is 48.8 Å². The van der Waals surface area contributed by atoms with E-state index in [1.54, 1.807) is 26.2 Å². The zero-order valence-electron chi connectivity index (χ0n) is 18.7. The maximum absolute atomic E-state index is 12.7. The zero-order valence-corrected chi connectivity index (χ0v) is 18.7. The third-order valence-corrected chi connectivity index (χ3v) is 4.94. The third-order valence-electron chi connectivity index (χ3n) is 4.94. The first-order valence-corrected chi connectivity index (χ1v) is 10.3. The second-order valence-electron chi connectivity index (χ2n) is 8.47. The van der Waals surface area contributed by atoms with Gasteiger partial charge in [0.1, 0.15) is 17.8 Å². The molecule has 3 aromatic rings. The molecular weight excluding hydrogens is 408 g/mol. The lowest BCUT2D eigenvalue weighted by Crippen LogP contribution is -2.38. The Morgan fingerprint density at radius 2 is 1.97 bits per heavy atom. The monoisotopic (exact) mass is 436 g/mol. The fourth-order valence-corrected chi connectivity index (χ4v) is 3.10. The van der Waals surface area contributed by atoms with Crippen LogP contribution < -0.4 is 10.6 Å². The van der Waals surface area contributed by atoms with Gasteiger partial charge in [-0.2, -0.15) is 0 Å². The summed E-state index contributed by atoms with van der Waals surface area (Å²) in [6.45, 7) is 5.38. The molecule has 32 heavy (non-hydrogen) atoms. The lowest BCUT2D eigenvalue weighted by atomic mass is 9.97. The molecule has 0 aliphatic heterocycles. The van der Waals surface area contributed by atoms with Crippen molar-refractivity contribution < 1.29 is 14.7 Å². The van der Waals surface area contributed by atoms with Crippen LogP contribution in [0.3, 0.4) is 0 Å². The van der Waals surface area contributed by atoms with Crippen molar-refractivity contribution >= 4 is 17.5 Å². The molecular formula is C23H28N6O3. The highest BCUT2D eigenvalue weighted by Crippen LogP contribution is 2.22. The molecule has 0 aliphatic rings. The van der Waals surface area contributed by atoms with Gasteiger partial charge in [-0.25, -0.2) is 0 Å². The molecule has 9 nitrogen and oxygen atoms in total. The van der Waals surface area contributed by atoms with Gasteiger partial charge in [0.15, 0.2) is 0 Å². The standard InChI is InChI=1S/C23H28N6O3/c1-15(10-20-28-26-14-29(20)4)16-6-5-7-18(11-16)27-22(31)19-12-17(8-9-24-19)21(30)25-13-23(2,3)32/h5-9,11-12,14-15,32H,10,13H2,1-4H3,(H,25,30)(H,27,31)/t15-/m1/s1. The van der Waals surface area contributed by atoms with Gasteiger partial charge in [-0.1, -0.05) is 19.1 Å². The lowest BCUT2D eigenvalue weighted by Gasteiger charge is -2.17. The molecule has 9 heteroatoms. The van der Waals surface area contributed by atoms with Crippen molar-refractivity contribution in [1.82, 2.24) is 25.1 Å². The van der Waals surface area contributed by atoms with Crippen molar-refractivity contribution in [2.45, 2.75) is 38.7 Å². The van der Waals surface area contributed by atoms with Crippen LogP contribution in [-0.2, 0) is 13.5 Å². The number of aryl methyl sites for hydroxylation is 1. The van der Waals surface area contributed by atoms with Gasteiger partial charge in [-0.3, -0.25) is 14.6 Å². The number of aromatic nitrogens is 4. The van der Waals surface area contributed by atoms with Gasteiger partial charge < -0.3 is 20.3 Å². The molecule has 0 bridgehead atoms. The predicted molar refractivity (Wildman–Crippen MR) is 120 cm³/mol. The molecule has 0 aliphatic carbocycles. The van der Waals surface area contributed by atoms with E-state index in [0.717, 1.165) is 17.8 Å². The number of carbonyl (C=O) groups is 2. The van der Waals surface area contributed by atoms with E-state index in [-0.39, 0.29) is 24.1 Å². The van der Waals surface area contributed by atoms with Crippen LogP contribution in [0.2, 0.25) is 0 Å². The summed E-state index contributed by atoms with van der Waals surface area (Å²) in [7, 11) is 1.91. The first kappa shape index (κ1) is 23.1. The molecule has 2 heterocycles. The molecule has 0 fully saturated rings. The van der Waals surface area contributed by atoms with Crippen LogP contribution in [0.15, 0.2) is 48.9 Å². The lowest BCUT2D eigenvalue weighted by molar-refractivity contribution is 0.0694. The van der Waals surface area contributed by atoms with E-state index in [0.29, 0.717) is 11.3 Å². The van der Waals surface area contributed by atoms with Gasteiger partial charge in [0.05, 0.1) is 5.60 Å². The van der Waals surface area contributed by atoms with Crippen molar-refractivity contribution in [2.75, 3.05) is 11.9 Å². The van der Waals surface area contributed by atoms with Crippen LogP contribution in [0.25, 0.3) is 0 Å². The minimum atomic E-state index is -1.03. The Labute approximate surface area is 186 Å². The SMILES string of the molecule is C[C@H](Cc1nncn1C)c1cccc(NC(=O)c2cc(C(=O)NCC(C)(C)O)ccn2)c1. The average molecular weight is 437 g/mol. The Hall–Kier alpha value is -3.59. The smallest absolute Gasteiger partial charge is 0.274 e. The van der Waals surface area contributed by atoms with Crippen LogP contribution in [0.1, 0.15) is 58.9 Å². The highest BCUT2D eigenvalue weighted by atomic mass is 16.3. The second kappa shape index (κ2) is 9.69. The van der Waals surface area contributed by atoms with E-state index < -0.39 is 11.5 Å². The summed E-state index contributed by atoms with van der Waals surface area (Å²) >= 11 is 0. The maximum atomic E-state index is 12.7. The van der Waals surface area contributed by atoms with Crippen LogP contribution in [0.5, 0.6) is 0 Å². The molecule has 3 rings (SSSR count). The van der Waals surface area contributed by atoms with Crippen molar-refractivity contribution in [3.63, 3.8) is 0 Å². The molecule has 0 unspecified atom stereocenters. The van der Waals surface area contributed by atoms with E-state index in [1.165, 1.54) is 18.3 Å². The molecule has 0 saturated carbocycles. The number of nitrogens with one attached hydrogen (secondary N) is 2. The summed E-state index contributed by atoms with van der Waals surface area (Å²) in [5.74, 6) is 0.259. The molecule has 1 aromatic carbocycles. The number of nitrogens with zero attached hydrogens (tertiary/aromatic N) is 4. The van der Waals surface area contributed by atoms with Crippen molar-refractivity contribution in [3.8, 4) is 0 Å². The molecule has 3 N–H and O–H groups in total. The van der Waals surface area contributed by atoms with Gasteiger partial charge in [0.2, 0.25) is 0 Å². The topological polar surface area (TPSA) is 122 Å². The fraction of sp³-hybridized carbons (Fsp3) is 0.348.